The van der Waals surface area contributed by atoms with Gasteiger partial charge in [-0.2, -0.15) is 0 Å². The van der Waals surface area contributed by atoms with E-state index in [9.17, 15) is 19.2 Å². The molecule has 1 unspecified atom stereocenters. The van der Waals surface area contributed by atoms with Gasteiger partial charge in [0.05, 0.1) is 10.9 Å². The lowest BCUT2D eigenvalue weighted by atomic mass is 10.1. The molecular weight excluding hydrogens is 460 g/mol. The number of hydrogen-bond acceptors (Lipinski definition) is 5. The minimum Gasteiger partial charge on any atom is -0.350 e. The molecule has 0 aliphatic heterocycles. The van der Waals surface area contributed by atoms with Crippen LogP contribution in [-0.2, 0) is 11.3 Å². The Hall–Kier alpha value is -4.21. The zero-order chi connectivity index (χ0) is 25.6. The van der Waals surface area contributed by atoms with E-state index in [4.69, 9.17) is 0 Å². The maximum atomic E-state index is 13.5. The Balaban J connectivity index is 1.59. The van der Waals surface area contributed by atoms with E-state index >= 15 is 0 Å². The number of nitrogens with one attached hydrogen (secondary N) is 2. The van der Waals surface area contributed by atoms with Gasteiger partial charge in [0.2, 0.25) is 11.7 Å². The van der Waals surface area contributed by atoms with Gasteiger partial charge in [-0.15, -0.1) is 5.10 Å². The Bertz CT molecular complexity index is 1610. The molecule has 1 fully saturated rings. The number of carbonyl (C=O) groups is 2. The normalized spacial score (nSPS) is 14.2. The summed E-state index contributed by atoms with van der Waals surface area (Å²) in [5.74, 6) is -0.533. The van der Waals surface area contributed by atoms with Crippen molar-refractivity contribution in [3.05, 3.63) is 74.4 Å². The number of hydrogen-bond donors (Lipinski definition) is 2. The second-order valence-electron chi connectivity index (χ2n) is 9.41. The summed E-state index contributed by atoms with van der Waals surface area (Å²) in [5.41, 5.74) is 1.48. The fourth-order valence-corrected chi connectivity index (χ4v) is 4.17. The molecule has 1 atom stereocenters. The number of amides is 2. The van der Waals surface area contributed by atoms with Crippen LogP contribution in [0, 0.1) is 6.92 Å². The molecule has 0 saturated heterocycles. The second kappa shape index (κ2) is 9.10. The van der Waals surface area contributed by atoms with Gasteiger partial charge in [-0.25, -0.2) is 13.9 Å². The third kappa shape index (κ3) is 4.30. The summed E-state index contributed by atoms with van der Waals surface area (Å²) < 4.78 is 3.91. The standard InChI is InChI=1S/C26H28N6O4/c1-4-16(3)27-23(34)17-7-12-20-21(13-17)32-25(31(24(20)35)19-10-11-19)29-30(26(32)36)14-22(33)28-18-8-5-15(2)6-9-18/h5-9,12-13,16,19H,4,10-11,14H2,1-3H3,(H,27,34)(H,28,33). The smallest absolute Gasteiger partial charge is 0.350 e. The Morgan fingerprint density at radius 2 is 1.83 bits per heavy atom. The number of anilines is 1. The first kappa shape index (κ1) is 23.5. The number of rotatable bonds is 7. The fourth-order valence-electron chi connectivity index (χ4n) is 4.17. The monoisotopic (exact) mass is 488 g/mol. The van der Waals surface area contributed by atoms with E-state index < -0.39 is 11.6 Å². The highest BCUT2D eigenvalue weighted by molar-refractivity contribution is 5.98. The Morgan fingerprint density at radius 3 is 2.50 bits per heavy atom. The summed E-state index contributed by atoms with van der Waals surface area (Å²) in [7, 11) is 0. The molecule has 4 aromatic rings. The first-order chi connectivity index (χ1) is 17.3. The van der Waals surface area contributed by atoms with Gasteiger partial charge >= 0.3 is 5.69 Å². The van der Waals surface area contributed by atoms with Gasteiger partial charge < -0.3 is 10.6 Å². The quantitative estimate of drug-likeness (QED) is 0.414. The summed E-state index contributed by atoms with van der Waals surface area (Å²) in [6, 6.07) is 12.0. The Labute approximate surface area is 206 Å². The SMILES string of the molecule is CCC(C)NC(=O)c1ccc2c(=O)n(C3CC3)c3nn(CC(=O)Nc4ccc(C)cc4)c(=O)n3c2c1. The van der Waals surface area contributed by atoms with E-state index in [1.807, 2.05) is 32.9 Å². The highest BCUT2D eigenvalue weighted by Gasteiger charge is 2.30. The maximum Gasteiger partial charge on any atom is 0.352 e. The van der Waals surface area contributed by atoms with Crippen LogP contribution in [0.4, 0.5) is 5.69 Å². The minimum atomic E-state index is -0.553. The molecule has 5 rings (SSSR count). The number of aromatic nitrogens is 4. The molecule has 1 aliphatic rings. The molecule has 2 aromatic heterocycles. The van der Waals surface area contributed by atoms with Gasteiger partial charge in [-0.05, 0) is 63.4 Å². The van der Waals surface area contributed by atoms with Crippen molar-refractivity contribution < 1.29 is 9.59 Å². The third-order valence-electron chi connectivity index (χ3n) is 6.52. The highest BCUT2D eigenvalue weighted by atomic mass is 16.2. The van der Waals surface area contributed by atoms with Crippen molar-refractivity contribution in [2.24, 2.45) is 0 Å². The van der Waals surface area contributed by atoms with Gasteiger partial charge in [-0.1, -0.05) is 24.6 Å². The number of nitrogens with zero attached hydrogens (tertiary/aromatic N) is 4. The van der Waals surface area contributed by atoms with Gasteiger partial charge in [0.15, 0.2) is 0 Å². The summed E-state index contributed by atoms with van der Waals surface area (Å²) in [6.07, 6.45) is 2.39. The summed E-state index contributed by atoms with van der Waals surface area (Å²) in [4.78, 5) is 52.2. The molecule has 2 aromatic carbocycles. The van der Waals surface area contributed by atoms with Gasteiger partial charge in [0, 0.05) is 23.3 Å². The molecule has 2 amide bonds. The van der Waals surface area contributed by atoms with E-state index in [1.54, 1.807) is 30.3 Å². The zero-order valence-electron chi connectivity index (χ0n) is 20.4. The zero-order valence-corrected chi connectivity index (χ0v) is 20.4. The third-order valence-corrected chi connectivity index (χ3v) is 6.52. The van der Waals surface area contributed by atoms with Crippen molar-refractivity contribution in [2.45, 2.75) is 58.7 Å². The lowest BCUT2D eigenvalue weighted by Gasteiger charge is -2.13. The van der Waals surface area contributed by atoms with Gasteiger partial charge in [-0.3, -0.25) is 19.0 Å². The van der Waals surface area contributed by atoms with Crippen molar-refractivity contribution in [1.29, 1.82) is 0 Å². The molecule has 10 nitrogen and oxygen atoms in total. The molecule has 186 valence electrons. The van der Waals surface area contributed by atoms with Crippen molar-refractivity contribution in [1.82, 2.24) is 24.1 Å². The first-order valence-electron chi connectivity index (χ1n) is 12.1. The average Bonchev–Trinajstić information content (AvgIpc) is 3.64. The second-order valence-corrected chi connectivity index (χ2v) is 9.41. The number of carbonyl (C=O) groups excluding carboxylic acids is 2. The molecule has 36 heavy (non-hydrogen) atoms. The molecule has 2 N–H and O–H groups in total. The van der Waals surface area contributed by atoms with Crippen LogP contribution in [-0.4, -0.2) is 36.6 Å². The van der Waals surface area contributed by atoms with Crippen LogP contribution in [0.3, 0.4) is 0 Å². The molecule has 1 saturated carbocycles. The van der Waals surface area contributed by atoms with Crippen LogP contribution in [0.2, 0.25) is 0 Å². The lowest BCUT2D eigenvalue weighted by molar-refractivity contribution is -0.117. The first-order valence-corrected chi connectivity index (χ1v) is 12.1. The number of fused-ring (bicyclic) bond motifs is 3. The highest BCUT2D eigenvalue weighted by Crippen LogP contribution is 2.35. The number of benzene rings is 2. The van der Waals surface area contributed by atoms with Crippen molar-refractivity contribution in [3.8, 4) is 0 Å². The van der Waals surface area contributed by atoms with E-state index in [2.05, 4.69) is 15.7 Å². The van der Waals surface area contributed by atoms with Crippen LogP contribution in [0.15, 0.2) is 52.1 Å². The van der Waals surface area contributed by atoms with E-state index in [1.165, 1.54) is 8.97 Å². The van der Waals surface area contributed by atoms with Crippen LogP contribution >= 0.6 is 0 Å². The van der Waals surface area contributed by atoms with Crippen LogP contribution in [0.25, 0.3) is 16.7 Å². The Kier molecular flexibility index (Phi) is 5.95. The van der Waals surface area contributed by atoms with E-state index in [0.717, 1.165) is 29.5 Å². The van der Waals surface area contributed by atoms with Crippen LogP contribution in [0.5, 0.6) is 0 Å². The topological polar surface area (TPSA) is 120 Å². The van der Waals surface area contributed by atoms with E-state index in [0.29, 0.717) is 22.2 Å². The Morgan fingerprint density at radius 1 is 1.11 bits per heavy atom. The molecular formula is C26H28N6O4. The van der Waals surface area contributed by atoms with Gasteiger partial charge in [0.1, 0.15) is 6.54 Å². The molecule has 0 bridgehead atoms. The lowest BCUT2D eigenvalue weighted by Crippen LogP contribution is -2.32. The van der Waals surface area contributed by atoms with Crippen LogP contribution in [0.1, 0.15) is 55.1 Å². The molecule has 0 radical (unpaired) electrons. The van der Waals surface area contributed by atoms with Crippen molar-refractivity contribution >= 4 is 34.2 Å². The average molecular weight is 489 g/mol. The molecule has 1 aliphatic carbocycles. The maximum absolute atomic E-state index is 13.5. The molecule has 10 heteroatoms. The summed E-state index contributed by atoms with van der Waals surface area (Å²) in [6.45, 7) is 5.51. The van der Waals surface area contributed by atoms with Crippen LogP contribution < -0.4 is 21.9 Å². The number of aryl methyl sites for hydroxylation is 1. The predicted molar refractivity (Wildman–Crippen MR) is 137 cm³/mol. The summed E-state index contributed by atoms with van der Waals surface area (Å²) in [5, 5.41) is 10.4. The largest absolute Gasteiger partial charge is 0.352 e. The van der Waals surface area contributed by atoms with Crippen molar-refractivity contribution in [2.75, 3.05) is 5.32 Å². The fraction of sp³-hybridized carbons (Fsp3) is 0.346. The molecule has 0 spiro atoms. The van der Waals surface area contributed by atoms with Gasteiger partial charge in [0.25, 0.3) is 11.5 Å². The minimum absolute atomic E-state index is 0.0198. The molecule has 2 heterocycles. The predicted octanol–water partition coefficient (Wildman–Crippen LogP) is 2.62. The summed E-state index contributed by atoms with van der Waals surface area (Å²) >= 11 is 0. The van der Waals surface area contributed by atoms with E-state index in [-0.39, 0.29) is 35.9 Å². The van der Waals surface area contributed by atoms with Crippen molar-refractivity contribution in [3.63, 3.8) is 0 Å².